The van der Waals surface area contributed by atoms with Crippen molar-refractivity contribution in [3.8, 4) is 0 Å². The number of nitrogens with one attached hydrogen (secondary N) is 2. The maximum Gasteiger partial charge on any atom is 0.271 e. The number of H-pyrrole nitrogens is 1. The normalized spacial score (nSPS) is 15.2. The van der Waals surface area contributed by atoms with Gasteiger partial charge in [-0.25, -0.2) is 8.42 Å². The van der Waals surface area contributed by atoms with Gasteiger partial charge >= 0.3 is 0 Å². The standard InChI is InChI=1S/C21H21N3O2S2/c1-13-3-6-20-14(9-13)10-21(27-20)28(25,26)23-15-4-5-18-17(11-15)16-7-8-24(2)12-19(16)22-18/h3-6,9-11,22-23H,7-8,12H2,1-2H3. The van der Waals surface area contributed by atoms with Crippen molar-refractivity contribution in [3.63, 3.8) is 0 Å². The molecule has 1 aliphatic rings. The van der Waals surface area contributed by atoms with E-state index in [2.05, 4.69) is 21.7 Å². The lowest BCUT2D eigenvalue weighted by molar-refractivity contribution is 0.310. The van der Waals surface area contributed by atoms with Gasteiger partial charge in [-0.15, -0.1) is 11.3 Å². The molecule has 0 amide bonds. The van der Waals surface area contributed by atoms with Crippen LogP contribution < -0.4 is 4.72 Å². The van der Waals surface area contributed by atoms with Crippen LogP contribution in [-0.4, -0.2) is 31.9 Å². The van der Waals surface area contributed by atoms with E-state index in [1.807, 2.05) is 43.3 Å². The molecule has 2 aromatic heterocycles. The number of hydrogen-bond acceptors (Lipinski definition) is 4. The van der Waals surface area contributed by atoms with Gasteiger partial charge in [-0.2, -0.15) is 0 Å². The monoisotopic (exact) mass is 411 g/mol. The smallest absolute Gasteiger partial charge is 0.271 e. The molecule has 0 saturated heterocycles. The molecule has 0 spiro atoms. The van der Waals surface area contributed by atoms with Gasteiger partial charge in [-0.3, -0.25) is 4.72 Å². The highest BCUT2D eigenvalue weighted by Crippen LogP contribution is 2.33. The number of likely N-dealkylation sites (N-methyl/N-ethyl adjacent to an activating group) is 1. The van der Waals surface area contributed by atoms with E-state index in [0.717, 1.165) is 46.1 Å². The van der Waals surface area contributed by atoms with Crippen molar-refractivity contribution in [1.29, 1.82) is 0 Å². The van der Waals surface area contributed by atoms with Crippen LogP contribution in [0.25, 0.3) is 21.0 Å². The molecule has 2 N–H and O–H groups in total. The number of sulfonamides is 1. The first kappa shape index (κ1) is 17.7. The minimum Gasteiger partial charge on any atom is -0.357 e. The van der Waals surface area contributed by atoms with Crippen LogP contribution in [0.15, 0.2) is 46.7 Å². The van der Waals surface area contributed by atoms with Crippen molar-refractivity contribution in [2.75, 3.05) is 18.3 Å². The Morgan fingerprint density at radius 2 is 2.00 bits per heavy atom. The third kappa shape index (κ3) is 2.99. The number of aromatic amines is 1. The summed E-state index contributed by atoms with van der Waals surface area (Å²) in [6.45, 7) is 3.91. The number of benzene rings is 2. The van der Waals surface area contributed by atoms with Crippen LogP contribution in [0.4, 0.5) is 5.69 Å². The van der Waals surface area contributed by atoms with Crippen LogP contribution in [0.5, 0.6) is 0 Å². The highest BCUT2D eigenvalue weighted by molar-refractivity contribution is 7.94. The summed E-state index contributed by atoms with van der Waals surface area (Å²) in [6, 6.07) is 13.5. The molecule has 144 valence electrons. The number of thiophene rings is 1. The molecule has 0 aliphatic carbocycles. The van der Waals surface area contributed by atoms with Gasteiger partial charge in [0.2, 0.25) is 0 Å². The fourth-order valence-corrected chi connectivity index (χ4v) is 6.34. The molecule has 28 heavy (non-hydrogen) atoms. The topological polar surface area (TPSA) is 65.2 Å². The van der Waals surface area contributed by atoms with E-state index < -0.39 is 10.0 Å². The van der Waals surface area contributed by atoms with Crippen LogP contribution in [0.2, 0.25) is 0 Å². The summed E-state index contributed by atoms with van der Waals surface area (Å²) in [6.07, 6.45) is 0.970. The molecular formula is C21H21N3O2S2. The van der Waals surface area contributed by atoms with E-state index in [4.69, 9.17) is 0 Å². The zero-order valence-electron chi connectivity index (χ0n) is 15.7. The molecular weight excluding hydrogens is 390 g/mol. The van der Waals surface area contributed by atoms with Crippen molar-refractivity contribution in [3.05, 3.63) is 59.3 Å². The minimum atomic E-state index is -3.62. The maximum atomic E-state index is 12.9. The predicted octanol–water partition coefficient (Wildman–Crippen LogP) is 4.48. The minimum absolute atomic E-state index is 0.339. The Morgan fingerprint density at radius 1 is 1.14 bits per heavy atom. The average molecular weight is 412 g/mol. The first-order valence-electron chi connectivity index (χ1n) is 9.24. The Labute approximate surface area is 168 Å². The Kier molecular flexibility index (Phi) is 4.01. The molecule has 3 heterocycles. The second kappa shape index (κ2) is 6.34. The first-order chi connectivity index (χ1) is 13.4. The van der Waals surface area contributed by atoms with Gasteiger partial charge in [0.25, 0.3) is 10.0 Å². The molecule has 0 unspecified atom stereocenters. The molecule has 0 bridgehead atoms. The molecule has 0 fully saturated rings. The second-order valence-corrected chi connectivity index (χ2v) is 10.5. The van der Waals surface area contributed by atoms with E-state index >= 15 is 0 Å². The summed E-state index contributed by atoms with van der Waals surface area (Å²) in [5.74, 6) is 0. The third-order valence-electron chi connectivity index (χ3n) is 5.33. The van der Waals surface area contributed by atoms with E-state index in [1.54, 1.807) is 6.07 Å². The summed E-state index contributed by atoms with van der Waals surface area (Å²) in [5, 5.41) is 2.07. The zero-order chi connectivity index (χ0) is 19.5. The molecule has 0 atom stereocenters. The Balaban J connectivity index is 1.51. The van der Waals surface area contributed by atoms with Gasteiger partial charge in [-0.05, 0) is 61.7 Å². The maximum absolute atomic E-state index is 12.9. The fourth-order valence-electron chi connectivity index (χ4n) is 3.92. The lowest BCUT2D eigenvalue weighted by Gasteiger charge is -2.22. The van der Waals surface area contributed by atoms with Crippen LogP contribution in [0, 0.1) is 6.92 Å². The van der Waals surface area contributed by atoms with Gasteiger partial charge in [0.15, 0.2) is 0 Å². The predicted molar refractivity (Wildman–Crippen MR) is 116 cm³/mol. The summed E-state index contributed by atoms with van der Waals surface area (Å²) in [4.78, 5) is 5.76. The number of aryl methyl sites for hydroxylation is 1. The Morgan fingerprint density at radius 3 is 2.86 bits per heavy atom. The highest BCUT2D eigenvalue weighted by Gasteiger charge is 2.21. The number of nitrogens with zero attached hydrogens (tertiary/aromatic N) is 1. The second-order valence-electron chi connectivity index (χ2n) is 7.54. The van der Waals surface area contributed by atoms with E-state index in [-0.39, 0.29) is 0 Å². The van der Waals surface area contributed by atoms with Crippen LogP contribution in [-0.2, 0) is 23.0 Å². The molecule has 7 heteroatoms. The number of rotatable bonds is 3. The van der Waals surface area contributed by atoms with Crippen molar-refractivity contribution in [1.82, 2.24) is 9.88 Å². The van der Waals surface area contributed by atoms with E-state index in [9.17, 15) is 8.42 Å². The van der Waals surface area contributed by atoms with Gasteiger partial charge < -0.3 is 9.88 Å². The molecule has 4 aromatic rings. The van der Waals surface area contributed by atoms with Crippen molar-refractivity contribution in [2.45, 2.75) is 24.1 Å². The molecule has 5 nitrogen and oxygen atoms in total. The number of hydrogen-bond donors (Lipinski definition) is 2. The van der Waals surface area contributed by atoms with Crippen LogP contribution in [0.1, 0.15) is 16.8 Å². The van der Waals surface area contributed by atoms with Gasteiger partial charge in [0.1, 0.15) is 4.21 Å². The first-order valence-corrected chi connectivity index (χ1v) is 11.5. The molecule has 0 radical (unpaired) electrons. The zero-order valence-corrected chi connectivity index (χ0v) is 17.4. The average Bonchev–Trinajstić information content (AvgIpc) is 3.22. The SMILES string of the molecule is Cc1ccc2sc(S(=O)(=O)Nc3ccc4[nH]c5c(c4c3)CCN(C)C5)cc2c1. The van der Waals surface area contributed by atoms with Crippen molar-refractivity contribution >= 4 is 48.0 Å². The lowest BCUT2D eigenvalue weighted by atomic mass is 10.0. The fraction of sp³-hybridized carbons (Fsp3) is 0.238. The van der Waals surface area contributed by atoms with Crippen LogP contribution in [0.3, 0.4) is 0 Å². The third-order valence-corrected chi connectivity index (χ3v) is 8.30. The Hall–Kier alpha value is -2.35. The molecule has 5 rings (SSSR count). The summed E-state index contributed by atoms with van der Waals surface area (Å²) >= 11 is 1.30. The number of aromatic nitrogens is 1. The summed E-state index contributed by atoms with van der Waals surface area (Å²) in [7, 11) is -1.51. The lowest BCUT2D eigenvalue weighted by Crippen LogP contribution is -2.26. The quantitative estimate of drug-likeness (QED) is 0.522. The van der Waals surface area contributed by atoms with Crippen molar-refractivity contribution < 1.29 is 8.42 Å². The largest absolute Gasteiger partial charge is 0.357 e. The molecule has 2 aromatic carbocycles. The number of fused-ring (bicyclic) bond motifs is 4. The summed E-state index contributed by atoms with van der Waals surface area (Å²) < 4.78 is 30.0. The van der Waals surface area contributed by atoms with Gasteiger partial charge in [-0.1, -0.05) is 17.7 Å². The van der Waals surface area contributed by atoms with E-state index in [1.165, 1.54) is 22.6 Å². The number of anilines is 1. The van der Waals surface area contributed by atoms with Gasteiger partial charge in [0.05, 0.1) is 0 Å². The van der Waals surface area contributed by atoms with Gasteiger partial charge in [0, 0.05) is 40.1 Å². The van der Waals surface area contributed by atoms with E-state index in [0.29, 0.717) is 9.90 Å². The van der Waals surface area contributed by atoms with Crippen molar-refractivity contribution in [2.24, 2.45) is 0 Å². The summed E-state index contributed by atoms with van der Waals surface area (Å²) in [5.41, 5.74) is 5.30. The Bertz CT molecular complexity index is 1320. The van der Waals surface area contributed by atoms with Crippen LogP contribution >= 0.6 is 11.3 Å². The molecule has 0 saturated carbocycles. The highest BCUT2D eigenvalue weighted by atomic mass is 32.2. The molecule has 1 aliphatic heterocycles.